The average Bonchev–Trinajstić information content (AvgIpc) is 3.49. The molecule has 7 rings (SSSR count). The first-order valence-corrected chi connectivity index (χ1v) is 24.7. The standard InChI is InChI=1S/C52H65N8O7SSi/c1-10-42(61)57-23-15-24-58(31-57)50(65)56(8)44(32(3)4)46(62)54-52(69)28-34-16-12-17-35(26-34)36-20-21-41-39(27-36)40(45(59(41)11-2)37-18-13-22-53-43(37)33(5)66-9)29-51(6,7)30-67-48(63)38-19-14-25-60(49(52)64)55-47(38)68/h10,12-13,16-18,20-22,26-27,32-33,38,44H,1,11,14-15,19,23-25,28-31H2,2-9H3,(H,54,62)(H,55,68)/t33-,38+,44-,52?/m0/s1. The van der Waals surface area contributed by atoms with Gasteiger partial charge in [-0.2, -0.15) is 0 Å². The summed E-state index contributed by atoms with van der Waals surface area (Å²) in [5.41, 5.74) is 10.0. The molecular weight excluding hydrogens is 909 g/mol. The molecule has 4 aromatic rings. The number of esters is 1. The number of benzene rings is 2. The Hall–Kier alpha value is -5.91. The minimum absolute atomic E-state index is 0.00848. The second-order valence-corrected chi connectivity index (χ2v) is 20.9. The minimum atomic E-state index is -1.77. The van der Waals surface area contributed by atoms with Gasteiger partial charge in [0, 0.05) is 74.8 Å². The Balaban J connectivity index is 1.33. The van der Waals surface area contributed by atoms with Crippen molar-refractivity contribution in [2.75, 3.05) is 47.1 Å². The number of cyclic esters (lactones) is 1. The Kier molecular flexibility index (Phi) is 15.5. The van der Waals surface area contributed by atoms with Crippen LogP contribution in [0.25, 0.3) is 33.3 Å². The topological polar surface area (TPSA) is 159 Å². The fraction of sp³-hybridized carbons (Fsp3) is 0.481. The molecule has 5 amide bonds. The van der Waals surface area contributed by atoms with E-state index in [4.69, 9.17) is 26.7 Å². The van der Waals surface area contributed by atoms with E-state index in [1.54, 1.807) is 20.4 Å². The zero-order valence-corrected chi connectivity index (χ0v) is 42.9. The van der Waals surface area contributed by atoms with Gasteiger partial charge >= 0.3 is 12.0 Å². The van der Waals surface area contributed by atoms with E-state index in [0.717, 1.165) is 50.1 Å². The van der Waals surface area contributed by atoms with Crippen molar-refractivity contribution in [2.24, 2.45) is 17.3 Å². The number of amides is 5. The van der Waals surface area contributed by atoms with E-state index in [2.05, 4.69) is 77.2 Å². The summed E-state index contributed by atoms with van der Waals surface area (Å²) in [4.78, 5) is 79.9. The van der Waals surface area contributed by atoms with Gasteiger partial charge < -0.3 is 34.1 Å². The largest absolute Gasteiger partial charge is 0.465 e. The molecule has 17 heteroatoms. The number of carbonyl (C=O) groups is 5. The lowest BCUT2D eigenvalue weighted by atomic mass is 9.84. The van der Waals surface area contributed by atoms with Crippen molar-refractivity contribution in [3.05, 3.63) is 90.3 Å². The lowest BCUT2D eigenvalue weighted by Crippen LogP contribution is -2.67. The quantitative estimate of drug-likeness (QED) is 0.0814. The predicted octanol–water partition coefficient (Wildman–Crippen LogP) is 6.57. The summed E-state index contributed by atoms with van der Waals surface area (Å²) in [5.74, 6) is -3.09. The van der Waals surface area contributed by atoms with Crippen LogP contribution in [0.2, 0.25) is 0 Å². The zero-order valence-electron chi connectivity index (χ0n) is 41.1. The first-order valence-electron chi connectivity index (χ1n) is 23.8. The highest BCUT2D eigenvalue weighted by molar-refractivity contribution is 7.80. The van der Waals surface area contributed by atoms with Crippen LogP contribution in [0.1, 0.15) is 83.7 Å². The number of hydrogen-bond acceptors (Lipinski definition) is 9. The number of nitrogens with zero attached hydrogens (tertiary/aromatic N) is 6. The van der Waals surface area contributed by atoms with E-state index >= 15 is 4.79 Å². The lowest BCUT2D eigenvalue weighted by molar-refractivity contribution is -0.149. The Morgan fingerprint density at radius 1 is 1.04 bits per heavy atom. The molecule has 3 radical (unpaired) electrons. The van der Waals surface area contributed by atoms with Crippen LogP contribution >= 0.6 is 12.2 Å². The average molecular weight is 974 g/mol. The number of thiocarbonyl (C=S) groups is 1. The maximum atomic E-state index is 15.1. The molecule has 69 heavy (non-hydrogen) atoms. The van der Waals surface area contributed by atoms with Crippen molar-refractivity contribution in [3.63, 3.8) is 0 Å². The van der Waals surface area contributed by atoms with Gasteiger partial charge in [0.15, 0.2) is 0 Å². The first kappa shape index (κ1) is 51.0. The van der Waals surface area contributed by atoms with Crippen LogP contribution in [-0.2, 0) is 48.0 Å². The van der Waals surface area contributed by atoms with E-state index < -0.39 is 46.4 Å². The molecule has 3 aliphatic rings. The zero-order chi connectivity index (χ0) is 49.9. The Bertz CT molecular complexity index is 2650. The highest BCUT2D eigenvalue weighted by atomic mass is 32.1. The number of hydrazine groups is 1. The van der Waals surface area contributed by atoms with Crippen molar-refractivity contribution in [3.8, 4) is 22.4 Å². The summed E-state index contributed by atoms with van der Waals surface area (Å²) in [6.07, 6.45) is 4.60. The highest BCUT2D eigenvalue weighted by Gasteiger charge is 2.44. The summed E-state index contributed by atoms with van der Waals surface area (Å²) < 4.78 is 14.3. The van der Waals surface area contributed by atoms with Gasteiger partial charge in [-0.15, -0.1) is 0 Å². The third-order valence-electron chi connectivity index (χ3n) is 13.5. The fourth-order valence-corrected chi connectivity index (χ4v) is 10.8. The van der Waals surface area contributed by atoms with Crippen molar-refractivity contribution in [2.45, 2.75) is 97.5 Å². The molecule has 0 spiro atoms. The van der Waals surface area contributed by atoms with Gasteiger partial charge in [-0.05, 0) is 98.0 Å². The van der Waals surface area contributed by atoms with E-state index in [9.17, 15) is 19.2 Å². The van der Waals surface area contributed by atoms with Crippen LogP contribution in [-0.4, -0.2) is 132 Å². The molecule has 4 atom stereocenters. The maximum Gasteiger partial charge on any atom is 0.321 e. The molecule has 2 aromatic carbocycles. The molecule has 0 saturated carbocycles. The molecule has 1 unspecified atom stereocenters. The molecule has 3 aliphatic heterocycles. The van der Waals surface area contributed by atoms with E-state index in [1.807, 2.05) is 51.1 Å². The number of pyridine rings is 1. The number of urea groups is 1. The summed E-state index contributed by atoms with van der Waals surface area (Å²) in [7, 11) is 7.09. The van der Waals surface area contributed by atoms with E-state index in [-0.39, 0.29) is 49.2 Å². The van der Waals surface area contributed by atoms with Gasteiger partial charge in [-0.3, -0.25) is 34.6 Å². The van der Waals surface area contributed by atoms with Crippen LogP contribution in [0, 0.1) is 17.3 Å². The van der Waals surface area contributed by atoms with Gasteiger partial charge in [-0.25, -0.2) is 4.79 Å². The molecular formula is C52H65N8O7SSi. The fourth-order valence-electron chi connectivity index (χ4n) is 9.99. The van der Waals surface area contributed by atoms with Crippen LogP contribution in [0.5, 0.6) is 0 Å². The summed E-state index contributed by atoms with van der Waals surface area (Å²) in [6.45, 7) is 17.5. The summed E-state index contributed by atoms with van der Waals surface area (Å²) in [5, 5.41) is 3.67. The van der Waals surface area contributed by atoms with E-state index in [1.165, 1.54) is 25.8 Å². The van der Waals surface area contributed by atoms with Gasteiger partial charge in [0.1, 0.15) is 22.1 Å². The van der Waals surface area contributed by atoms with Crippen LogP contribution in [0.4, 0.5) is 4.79 Å². The third kappa shape index (κ3) is 10.6. The van der Waals surface area contributed by atoms with Gasteiger partial charge in [0.05, 0.1) is 41.0 Å². The number of nitrogens with one attached hydrogen (secondary N) is 2. The molecule has 6 bridgehead atoms. The van der Waals surface area contributed by atoms with Gasteiger partial charge in [-0.1, -0.05) is 76.8 Å². The van der Waals surface area contributed by atoms with Crippen LogP contribution in [0.3, 0.4) is 0 Å². The molecule has 2 aromatic heterocycles. The predicted molar refractivity (Wildman–Crippen MR) is 271 cm³/mol. The number of likely N-dealkylation sites (N-methyl/N-ethyl adjacent to an activating group) is 1. The number of carbonyl (C=O) groups excluding carboxylic acids is 5. The van der Waals surface area contributed by atoms with Crippen molar-refractivity contribution in [1.82, 2.24) is 40.0 Å². The van der Waals surface area contributed by atoms with Gasteiger partial charge in [0.25, 0.3) is 5.91 Å². The Morgan fingerprint density at radius 2 is 1.78 bits per heavy atom. The van der Waals surface area contributed by atoms with Crippen molar-refractivity contribution < 1.29 is 33.4 Å². The van der Waals surface area contributed by atoms with Crippen molar-refractivity contribution >= 4 is 68.1 Å². The SMILES string of the molecule is C=CC(=O)N1CCCN(C(=O)N(C)[C@H](C(=O)NC2([Si])Cc3cccc(c3)-c3ccc4c(c3)c(c(-c3cccnc3[C@H](C)OC)n4CC)CC(C)(C)COC(=O)[C@@H]3CCCN(NC3=S)C2=O)C(C)C)C1. The number of fused-ring (bicyclic) bond motifs is 7. The van der Waals surface area contributed by atoms with Gasteiger partial charge in [0.2, 0.25) is 11.8 Å². The molecule has 15 nitrogen and oxygen atoms in total. The maximum absolute atomic E-state index is 15.1. The normalized spacial score (nSPS) is 20.9. The molecule has 2 saturated heterocycles. The first-order chi connectivity index (χ1) is 32.8. The number of aryl methyl sites for hydroxylation is 1. The number of hydrogen-bond donors (Lipinski definition) is 2. The monoisotopic (exact) mass is 973 g/mol. The molecule has 0 aliphatic carbocycles. The molecule has 5 heterocycles. The Labute approximate surface area is 414 Å². The lowest BCUT2D eigenvalue weighted by Gasteiger charge is -2.41. The van der Waals surface area contributed by atoms with E-state index in [0.29, 0.717) is 45.3 Å². The van der Waals surface area contributed by atoms with Crippen molar-refractivity contribution in [1.29, 1.82) is 0 Å². The number of ether oxygens (including phenoxy) is 2. The third-order valence-corrected chi connectivity index (χ3v) is 14.4. The summed E-state index contributed by atoms with van der Waals surface area (Å²) in [6, 6.07) is 16.9. The Morgan fingerprint density at radius 3 is 2.49 bits per heavy atom. The number of aromatic nitrogens is 2. The molecule has 2 N–H and O–H groups in total. The molecule has 365 valence electrons. The number of methoxy groups -OCH3 is 1. The summed E-state index contributed by atoms with van der Waals surface area (Å²) >= 11 is 5.86. The van der Waals surface area contributed by atoms with Crippen LogP contribution in [0.15, 0.2) is 73.4 Å². The number of rotatable bonds is 9. The van der Waals surface area contributed by atoms with Crippen LogP contribution < -0.4 is 10.7 Å². The highest BCUT2D eigenvalue weighted by Crippen LogP contribution is 2.42. The second kappa shape index (κ2) is 21.0. The molecule has 2 fully saturated rings. The smallest absolute Gasteiger partial charge is 0.321 e. The minimum Gasteiger partial charge on any atom is -0.465 e. The second-order valence-electron chi connectivity index (χ2n) is 19.6.